The maximum atomic E-state index is 12.0. The van der Waals surface area contributed by atoms with Crippen molar-refractivity contribution in [1.29, 1.82) is 0 Å². The highest BCUT2D eigenvalue weighted by Gasteiger charge is 2.26. The van der Waals surface area contributed by atoms with Gasteiger partial charge in [-0.25, -0.2) is 0 Å². The number of hydrogen-bond donors (Lipinski definition) is 2. The maximum Gasteiger partial charge on any atom is 0.224 e. The summed E-state index contributed by atoms with van der Waals surface area (Å²) < 4.78 is 0. The Balaban J connectivity index is 2.66. The lowest BCUT2D eigenvalue weighted by molar-refractivity contribution is -0.123. The van der Waals surface area contributed by atoms with E-state index in [9.17, 15) is 9.90 Å². The third kappa shape index (κ3) is 3.84. The van der Waals surface area contributed by atoms with E-state index in [4.69, 9.17) is 0 Å². The molecule has 0 fully saturated rings. The molecule has 0 aliphatic rings. The van der Waals surface area contributed by atoms with Crippen LogP contribution >= 0.6 is 0 Å². The van der Waals surface area contributed by atoms with Crippen LogP contribution in [0.25, 0.3) is 0 Å². The summed E-state index contributed by atoms with van der Waals surface area (Å²) in [6.45, 7) is 5.95. The summed E-state index contributed by atoms with van der Waals surface area (Å²) in [6.07, 6.45) is 1.84. The topological polar surface area (TPSA) is 49.3 Å². The number of amides is 1. The van der Waals surface area contributed by atoms with Gasteiger partial charge in [0.25, 0.3) is 0 Å². The molecule has 0 radical (unpaired) electrons. The quantitative estimate of drug-likeness (QED) is 0.812. The molecule has 2 N–H and O–H groups in total. The van der Waals surface area contributed by atoms with Crippen molar-refractivity contribution in [3.63, 3.8) is 0 Å². The minimum atomic E-state index is -0.471. The molecule has 0 spiro atoms. The number of rotatable bonds is 6. The zero-order valence-corrected chi connectivity index (χ0v) is 11.5. The second kappa shape index (κ2) is 6.55. The smallest absolute Gasteiger partial charge is 0.224 e. The Hall–Kier alpha value is -1.35. The van der Waals surface area contributed by atoms with Gasteiger partial charge in [-0.3, -0.25) is 4.79 Å². The molecule has 1 aromatic carbocycles. The van der Waals surface area contributed by atoms with E-state index in [0.29, 0.717) is 6.42 Å². The number of aliphatic hydroxyl groups is 1. The van der Waals surface area contributed by atoms with Gasteiger partial charge in [-0.2, -0.15) is 0 Å². The van der Waals surface area contributed by atoms with Gasteiger partial charge < -0.3 is 10.4 Å². The van der Waals surface area contributed by atoms with Gasteiger partial charge in [-0.1, -0.05) is 43.7 Å². The number of hydrogen-bond acceptors (Lipinski definition) is 2. The number of benzene rings is 1. The van der Waals surface area contributed by atoms with Crippen molar-refractivity contribution < 1.29 is 9.90 Å². The van der Waals surface area contributed by atoms with Crippen molar-refractivity contribution in [3.8, 4) is 0 Å². The van der Waals surface area contributed by atoms with Crippen LogP contribution in [0, 0.1) is 6.92 Å². The SMILES string of the molecule is CCC(CC)(CO)NC(=O)Cc1cccc(C)c1. The second-order valence-corrected chi connectivity index (χ2v) is 4.86. The molecule has 100 valence electrons. The molecule has 1 aromatic rings. The van der Waals surface area contributed by atoms with Crippen LogP contribution in [0.4, 0.5) is 0 Å². The molecule has 18 heavy (non-hydrogen) atoms. The molecular formula is C15H23NO2. The number of aryl methyl sites for hydroxylation is 1. The van der Waals surface area contributed by atoms with Gasteiger partial charge in [0.1, 0.15) is 0 Å². The number of nitrogens with one attached hydrogen (secondary N) is 1. The fourth-order valence-electron chi connectivity index (χ4n) is 2.04. The van der Waals surface area contributed by atoms with Gasteiger partial charge in [-0.05, 0) is 25.3 Å². The Morgan fingerprint density at radius 3 is 2.50 bits per heavy atom. The largest absolute Gasteiger partial charge is 0.394 e. The van der Waals surface area contributed by atoms with Crippen LogP contribution in [-0.4, -0.2) is 23.2 Å². The van der Waals surface area contributed by atoms with E-state index in [-0.39, 0.29) is 12.5 Å². The Morgan fingerprint density at radius 1 is 1.33 bits per heavy atom. The lowest BCUT2D eigenvalue weighted by Gasteiger charge is -2.30. The average Bonchev–Trinajstić information content (AvgIpc) is 2.36. The van der Waals surface area contributed by atoms with Crippen molar-refractivity contribution in [2.45, 2.75) is 45.6 Å². The molecule has 0 aliphatic carbocycles. The van der Waals surface area contributed by atoms with Gasteiger partial charge in [0, 0.05) is 0 Å². The molecule has 1 amide bonds. The minimum Gasteiger partial charge on any atom is -0.394 e. The predicted octanol–water partition coefficient (Wildman–Crippen LogP) is 2.20. The summed E-state index contributed by atoms with van der Waals surface area (Å²) >= 11 is 0. The minimum absolute atomic E-state index is 0.0143. The third-order valence-corrected chi connectivity index (χ3v) is 3.51. The van der Waals surface area contributed by atoms with E-state index < -0.39 is 5.54 Å². The van der Waals surface area contributed by atoms with Gasteiger partial charge >= 0.3 is 0 Å². The molecule has 0 bridgehead atoms. The molecule has 0 atom stereocenters. The van der Waals surface area contributed by atoms with Crippen LogP contribution in [-0.2, 0) is 11.2 Å². The fourth-order valence-corrected chi connectivity index (χ4v) is 2.04. The molecule has 3 heteroatoms. The van der Waals surface area contributed by atoms with Crippen LogP contribution in [0.15, 0.2) is 24.3 Å². The Morgan fingerprint density at radius 2 is 2.00 bits per heavy atom. The van der Waals surface area contributed by atoms with Gasteiger partial charge in [-0.15, -0.1) is 0 Å². The van der Waals surface area contributed by atoms with Crippen LogP contribution in [0.5, 0.6) is 0 Å². The molecule has 0 aromatic heterocycles. The van der Waals surface area contributed by atoms with Gasteiger partial charge in [0.05, 0.1) is 18.6 Å². The zero-order valence-electron chi connectivity index (χ0n) is 11.5. The highest BCUT2D eigenvalue weighted by Crippen LogP contribution is 2.14. The molecular weight excluding hydrogens is 226 g/mol. The van der Waals surface area contributed by atoms with Crippen molar-refractivity contribution in [2.24, 2.45) is 0 Å². The fraction of sp³-hybridized carbons (Fsp3) is 0.533. The zero-order chi connectivity index (χ0) is 13.6. The van der Waals surface area contributed by atoms with E-state index in [1.165, 1.54) is 0 Å². The highest BCUT2D eigenvalue weighted by atomic mass is 16.3. The van der Waals surface area contributed by atoms with Crippen LogP contribution in [0.1, 0.15) is 37.8 Å². The van der Waals surface area contributed by atoms with Gasteiger partial charge in [0.15, 0.2) is 0 Å². The summed E-state index contributed by atoms with van der Waals surface area (Å²) in [6, 6.07) is 7.93. The first-order chi connectivity index (χ1) is 8.55. The molecule has 0 heterocycles. The van der Waals surface area contributed by atoms with Crippen molar-refractivity contribution >= 4 is 5.91 Å². The standard InChI is InChI=1S/C15H23NO2/c1-4-15(5-2,11-17)16-14(18)10-13-8-6-7-12(3)9-13/h6-9,17H,4-5,10-11H2,1-3H3,(H,16,18). The van der Waals surface area contributed by atoms with E-state index >= 15 is 0 Å². The number of carbonyl (C=O) groups is 1. The van der Waals surface area contributed by atoms with E-state index in [2.05, 4.69) is 5.32 Å². The highest BCUT2D eigenvalue weighted by molar-refractivity contribution is 5.79. The molecule has 0 aliphatic heterocycles. The number of aliphatic hydroxyl groups excluding tert-OH is 1. The summed E-state index contributed by atoms with van der Waals surface area (Å²) in [4.78, 5) is 12.0. The molecule has 0 unspecified atom stereocenters. The summed E-state index contributed by atoms with van der Waals surface area (Å²) in [5, 5.41) is 12.4. The van der Waals surface area contributed by atoms with E-state index in [1.54, 1.807) is 0 Å². The van der Waals surface area contributed by atoms with Gasteiger partial charge in [0.2, 0.25) is 5.91 Å². The molecule has 0 saturated carbocycles. The second-order valence-electron chi connectivity index (χ2n) is 4.86. The molecule has 1 rings (SSSR count). The normalized spacial score (nSPS) is 11.3. The molecule has 3 nitrogen and oxygen atoms in total. The first-order valence-electron chi connectivity index (χ1n) is 6.52. The van der Waals surface area contributed by atoms with Crippen LogP contribution < -0.4 is 5.32 Å². The Kier molecular flexibility index (Phi) is 5.35. The monoisotopic (exact) mass is 249 g/mol. The lowest BCUT2D eigenvalue weighted by Crippen LogP contribution is -2.51. The molecule has 0 saturated heterocycles. The maximum absolute atomic E-state index is 12.0. The summed E-state index contributed by atoms with van der Waals surface area (Å²) in [5.74, 6) is -0.0293. The Bertz CT molecular complexity index is 389. The average molecular weight is 249 g/mol. The Labute approximate surface area is 109 Å². The first kappa shape index (κ1) is 14.7. The van der Waals surface area contributed by atoms with Crippen molar-refractivity contribution in [1.82, 2.24) is 5.32 Å². The van der Waals surface area contributed by atoms with Crippen molar-refractivity contribution in [2.75, 3.05) is 6.61 Å². The summed E-state index contributed by atoms with van der Waals surface area (Å²) in [5.41, 5.74) is 1.69. The number of carbonyl (C=O) groups excluding carboxylic acids is 1. The van der Waals surface area contributed by atoms with Crippen LogP contribution in [0.2, 0.25) is 0 Å². The summed E-state index contributed by atoms with van der Waals surface area (Å²) in [7, 11) is 0. The predicted molar refractivity (Wildman–Crippen MR) is 73.4 cm³/mol. The van der Waals surface area contributed by atoms with Crippen molar-refractivity contribution in [3.05, 3.63) is 35.4 Å². The first-order valence-corrected chi connectivity index (χ1v) is 6.52. The van der Waals surface area contributed by atoms with E-state index in [0.717, 1.165) is 24.0 Å². The lowest BCUT2D eigenvalue weighted by atomic mass is 9.93. The van der Waals surface area contributed by atoms with E-state index in [1.807, 2.05) is 45.0 Å². The third-order valence-electron chi connectivity index (χ3n) is 3.51. The van der Waals surface area contributed by atoms with Crippen LogP contribution in [0.3, 0.4) is 0 Å².